The molecule has 2 unspecified atom stereocenters. The smallest absolute Gasteiger partial charge is 0.260 e. The second kappa shape index (κ2) is 6.41. The van der Waals surface area contributed by atoms with Crippen LogP contribution in [0.4, 0.5) is 4.39 Å². The van der Waals surface area contributed by atoms with Gasteiger partial charge in [0.25, 0.3) is 5.91 Å². The van der Waals surface area contributed by atoms with Crippen LogP contribution in [0, 0.1) is 11.7 Å². The number of piperidine rings is 1. The first-order chi connectivity index (χ1) is 9.47. The molecule has 1 N–H and O–H groups in total. The van der Waals surface area contributed by atoms with Crippen molar-refractivity contribution in [1.82, 2.24) is 4.90 Å². The molecule has 4 nitrogen and oxygen atoms in total. The predicted octanol–water partition coefficient (Wildman–Crippen LogP) is 2.09. The van der Waals surface area contributed by atoms with E-state index < -0.39 is 5.82 Å². The summed E-state index contributed by atoms with van der Waals surface area (Å²) in [5.74, 6) is -0.273. The fourth-order valence-electron chi connectivity index (χ4n) is 2.18. The molecule has 110 valence electrons. The Hall–Kier alpha value is -1.33. The molecule has 20 heavy (non-hydrogen) atoms. The number of carbonyl (C=O) groups is 1. The van der Waals surface area contributed by atoms with Gasteiger partial charge in [-0.2, -0.15) is 0 Å². The van der Waals surface area contributed by atoms with Crippen molar-refractivity contribution in [3.8, 4) is 5.75 Å². The lowest BCUT2D eigenvalue weighted by molar-refractivity contribution is -0.136. The molecule has 0 aliphatic carbocycles. The molecule has 6 heteroatoms. The van der Waals surface area contributed by atoms with Gasteiger partial charge in [0, 0.05) is 13.1 Å². The van der Waals surface area contributed by atoms with E-state index in [2.05, 4.69) is 0 Å². The van der Waals surface area contributed by atoms with Crippen LogP contribution in [0.1, 0.15) is 13.3 Å². The number of benzene rings is 1. The van der Waals surface area contributed by atoms with Crippen molar-refractivity contribution in [1.29, 1.82) is 0 Å². The normalized spacial score (nSPS) is 22.7. The largest absolute Gasteiger partial charge is 0.482 e. The van der Waals surface area contributed by atoms with E-state index in [0.717, 1.165) is 6.07 Å². The Morgan fingerprint density at radius 2 is 2.35 bits per heavy atom. The Kier molecular flexibility index (Phi) is 4.83. The third-order valence-electron chi connectivity index (χ3n) is 3.46. The fourth-order valence-corrected chi connectivity index (χ4v) is 2.40. The minimum absolute atomic E-state index is 0.0575. The number of halogens is 2. The SMILES string of the molecule is CC1CN(C(=O)COc2ccc(F)cc2Cl)CCC1O. The van der Waals surface area contributed by atoms with E-state index in [1.807, 2.05) is 6.92 Å². The van der Waals surface area contributed by atoms with Crippen LogP contribution in [0.5, 0.6) is 5.75 Å². The quantitative estimate of drug-likeness (QED) is 0.930. The lowest BCUT2D eigenvalue weighted by Crippen LogP contribution is -2.46. The van der Waals surface area contributed by atoms with Crippen LogP contribution in [0.15, 0.2) is 18.2 Å². The molecule has 2 rings (SSSR count). The Balaban J connectivity index is 1.89. The number of ether oxygens (including phenoxy) is 1. The molecule has 0 bridgehead atoms. The van der Waals surface area contributed by atoms with Crippen molar-refractivity contribution in [3.05, 3.63) is 29.0 Å². The Bertz CT molecular complexity index is 497. The highest BCUT2D eigenvalue weighted by molar-refractivity contribution is 6.32. The predicted molar refractivity (Wildman–Crippen MR) is 73.3 cm³/mol. The molecule has 1 aliphatic heterocycles. The number of rotatable bonds is 3. The summed E-state index contributed by atoms with van der Waals surface area (Å²) in [5.41, 5.74) is 0. The van der Waals surface area contributed by atoms with E-state index in [9.17, 15) is 14.3 Å². The second-order valence-electron chi connectivity index (χ2n) is 5.04. The number of aliphatic hydroxyl groups is 1. The van der Waals surface area contributed by atoms with Gasteiger partial charge in [-0.25, -0.2) is 4.39 Å². The number of likely N-dealkylation sites (tertiary alicyclic amines) is 1. The Morgan fingerprint density at radius 3 is 3.00 bits per heavy atom. The Morgan fingerprint density at radius 1 is 1.60 bits per heavy atom. The average molecular weight is 302 g/mol. The van der Waals surface area contributed by atoms with Crippen LogP contribution in [-0.4, -0.2) is 41.7 Å². The summed E-state index contributed by atoms with van der Waals surface area (Å²) in [6, 6.07) is 3.76. The van der Waals surface area contributed by atoms with Gasteiger partial charge >= 0.3 is 0 Å². The number of hydrogen-bond donors (Lipinski definition) is 1. The first-order valence-corrected chi connectivity index (χ1v) is 6.89. The lowest BCUT2D eigenvalue weighted by Gasteiger charge is -2.34. The van der Waals surface area contributed by atoms with Gasteiger partial charge in [-0.15, -0.1) is 0 Å². The summed E-state index contributed by atoms with van der Waals surface area (Å²) in [6.45, 7) is 2.79. The van der Waals surface area contributed by atoms with Crippen LogP contribution in [0.25, 0.3) is 0 Å². The first-order valence-electron chi connectivity index (χ1n) is 6.51. The third kappa shape index (κ3) is 3.61. The maximum Gasteiger partial charge on any atom is 0.260 e. The van der Waals surface area contributed by atoms with Gasteiger partial charge in [0.2, 0.25) is 0 Å². The lowest BCUT2D eigenvalue weighted by atomic mass is 9.97. The van der Waals surface area contributed by atoms with Crippen molar-refractivity contribution in [2.45, 2.75) is 19.4 Å². The van der Waals surface area contributed by atoms with E-state index in [4.69, 9.17) is 16.3 Å². The molecule has 0 aromatic heterocycles. The van der Waals surface area contributed by atoms with Gasteiger partial charge in [0.15, 0.2) is 6.61 Å². The van der Waals surface area contributed by atoms with Crippen LogP contribution < -0.4 is 4.74 Å². The molecule has 0 saturated carbocycles. The van der Waals surface area contributed by atoms with Crippen LogP contribution in [0.2, 0.25) is 5.02 Å². The second-order valence-corrected chi connectivity index (χ2v) is 5.44. The van der Waals surface area contributed by atoms with Gasteiger partial charge < -0.3 is 14.7 Å². The average Bonchev–Trinajstić information content (AvgIpc) is 2.40. The molecule has 0 spiro atoms. The van der Waals surface area contributed by atoms with Crippen LogP contribution >= 0.6 is 11.6 Å². The highest BCUT2D eigenvalue weighted by atomic mass is 35.5. The van der Waals surface area contributed by atoms with Gasteiger partial charge in [-0.3, -0.25) is 4.79 Å². The van der Waals surface area contributed by atoms with E-state index >= 15 is 0 Å². The maximum atomic E-state index is 12.9. The number of hydrogen-bond acceptors (Lipinski definition) is 3. The van der Waals surface area contributed by atoms with E-state index in [1.165, 1.54) is 12.1 Å². The van der Waals surface area contributed by atoms with Crippen LogP contribution in [-0.2, 0) is 4.79 Å². The van der Waals surface area contributed by atoms with Crippen molar-refractivity contribution >= 4 is 17.5 Å². The first kappa shape index (κ1) is 15.1. The minimum Gasteiger partial charge on any atom is -0.482 e. The van der Waals surface area contributed by atoms with Crippen molar-refractivity contribution in [3.63, 3.8) is 0 Å². The van der Waals surface area contributed by atoms with Gasteiger partial charge in [-0.1, -0.05) is 18.5 Å². The summed E-state index contributed by atoms with van der Waals surface area (Å²) < 4.78 is 18.2. The topological polar surface area (TPSA) is 49.8 Å². The fraction of sp³-hybridized carbons (Fsp3) is 0.500. The minimum atomic E-state index is -0.451. The number of aliphatic hydroxyl groups excluding tert-OH is 1. The van der Waals surface area contributed by atoms with E-state index in [0.29, 0.717) is 19.5 Å². The molecule has 1 aromatic carbocycles. The molecular weight excluding hydrogens is 285 g/mol. The van der Waals surface area contributed by atoms with Gasteiger partial charge in [-0.05, 0) is 30.5 Å². The molecule has 1 aromatic rings. The number of carbonyl (C=O) groups excluding carboxylic acids is 1. The molecule has 2 atom stereocenters. The molecule has 1 aliphatic rings. The van der Waals surface area contributed by atoms with Crippen molar-refractivity contribution < 1.29 is 19.0 Å². The number of nitrogens with zero attached hydrogens (tertiary/aromatic N) is 1. The van der Waals surface area contributed by atoms with Crippen LogP contribution in [0.3, 0.4) is 0 Å². The molecule has 1 fully saturated rings. The van der Waals surface area contributed by atoms with E-state index in [1.54, 1.807) is 4.90 Å². The summed E-state index contributed by atoms with van der Waals surface area (Å²) >= 11 is 5.82. The standard InChI is InChI=1S/C14H17ClFNO3/c1-9-7-17(5-4-12(9)18)14(19)8-20-13-3-2-10(16)6-11(13)15/h2-3,6,9,12,18H,4-5,7-8H2,1H3. The summed E-state index contributed by atoms with van der Waals surface area (Å²) in [4.78, 5) is 13.7. The third-order valence-corrected chi connectivity index (χ3v) is 3.75. The van der Waals surface area contributed by atoms with Crippen molar-refractivity contribution in [2.24, 2.45) is 5.92 Å². The van der Waals surface area contributed by atoms with Crippen molar-refractivity contribution in [2.75, 3.05) is 19.7 Å². The monoisotopic (exact) mass is 301 g/mol. The molecule has 1 saturated heterocycles. The summed E-state index contributed by atoms with van der Waals surface area (Å²) in [5, 5.41) is 9.76. The maximum absolute atomic E-state index is 12.9. The molecule has 1 amide bonds. The molecule has 0 radical (unpaired) electrons. The molecular formula is C14H17ClFNO3. The highest BCUT2D eigenvalue weighted by Crippen LogP contribution is 2.25. The van der Waals surface area contributed by atoms with E-state index in [-0.39, 0.29) is 35.3 Å². The highest BCUT2D eigenvalue weighted by Gasteiger charge is 2.27. The number of amides is 1. The zero-order chi connectivity index (χ0) is 14.7. The Labute approximate surface area is 122 Å². The molecule has 1 heterocycles. The van der Waals surface area contributed by atoms with Gasteiger partial charge in [0.05, 0.1) is 11.1 Å². The van der Waals surface area contributed by atoms with Gasteiger partial charge in [0.1, 0.15) is 11.6 Å². The zero-order valence-electron chi connectivity index (χ0n) is 11.2. The summed E-state index contributed by atoms with van der Waals surface area (Å²) in [6.07, 6.45) is 0.219. The summed E-state index contributed by atoms with van der Waals surface area (Å²) in [7, 11) is 0. The zero-order valence-corrected chi connectivity index (χ0v) is 11.9.